The minimum Gasteiger partial charge on any atom is -0.504 e. The van der Waals surface area contributed by atoms with Crippen molar-refractivity contribution in [3.63, 3.8) is 0 Å². The third kappa shape index (κ3) is 3.74. The van der Waals surface area contributed by atoms with Gasteiger partial charge in [0.05, 0.1) is 0 Å². The number of anilines is 1. The lowest BCUT2D eigenvalue weighted by molar-refractivity contribution is 0.252. The third-order valence-electron chi connectivity index (χ3n) is 4.10. The van der Waals surface area contributed by atoms with E-state index in [1.54, 1.807) is 6.07 Å². The molecule has 0 radical (unpaired) electrons. The molecule has 23 heavy (non-hydrogen) atoms. The highest BCUT2D eigenvalue weighted by Gasteiger charge is 2.11. The van der Waals surface area contributed by atoms with Gasteiger partial charge in [0, 0.05) is 12.2 Å². The maximum atomic E-state index is 11.9. The molecule has 0 saturated carbocycles. The van der Waals surface area contributed by atoms with Crippen LogP contribution < -0.4 is 10.6 Å². The van der Waals surface area contributed by atoms with Crippen LogP contribution in [0.3, 0.4) is 0 Å². The number of benzene rings is 2. The summed E-state index contributed by atoms with van der Waals surface area (Å²) >= 11 is 0. The quantitative estimate of drug-likeness (QED) is 0.655. The monoisotopic (exact) mass is 312 g/mol. The molecule has 0 unspecified atom stereocenters. The summed E-state index contributed by atoms with van der Waals surface area (Å²) in [5.74, 6) is -0.291. The van der Waals surface area contributed by atoms with Gasteiger partial charge < -0.3 is 20.8 Å². The van der Waals surface area contributed by atoms with Gasteiger partial charge in [-0.15, -0.1) is 0 Å². The van der Waals surface area contributed by atoms with E-state index in [1.165, 1.54) is 29.7 Å². The lowest BCUT2D eigenvalue weighted by Crippen LogP contribution is -2.30. The number of aryl methyl sites for hydroxylation is 2. The average molecular weight is 312 g/mol. The summed E-state index contributed by atoms with van der Waals surface area (Å²) in [5.41, 5.74) is 4.36. The van der Waals surface area contributed by atoms with E-state index >= 15 is 0 Å². The Morgan fingerprint density at radius 1 is 1.00 bits per heavy atom. The second-order valence-corrected chi connectivity index (χ2v) is 5.79. The number of phenols is 2. The fraction of sp³-hybridized carbons (Fsp3) is 0.278. The number of aromatic hydroxyl groups is 2. The minimum absolute atomic E-state index is 0.143. The van der Waals surface area contributed by atoms with Gasteiger partial charge in [-0.2, -0.15) is 0 Å². The summed E-state index contributed by atoms with van der Waals surface area (Å²) in [6.07, 6.45) is 3.97. The van der Waals surface area contributed by atoms with Gasteiger partial charge >= 0.3 is 6.03 Å². The van der Waals surface area contributed by atoms with Gasteiger partial charge in [-0.3, -0.25) is 0 Å². The molecule has 120 valence electrons. The lowest BCUT2D eigenvalue weighted by Gasteiger charge is -2.09. The van der Waals surface area contributed by atoms with E-state index in [9.17, 15) is 15.0 Å². The number of urea groups is 1. The average Bonchev–Trinajstić information content (AvgIpc) is 2.98. The fourth-order valence-electron chi connectivity index (χ4n) is 2.87. The first-order valence-electron chi connectivity index (χ1n) is 7.79. The predicted octanol–water partition coefficient (Wildman–Crippen LogP) is 2.95. The van der Waals surface area contributed by atoms with Gasteiger partial charge in [-0.05, 0) is 66.6 Å². The highest BCUT2D eigenvalue weighted by molar-refractivity contribution is 5.89. The molecular weight excluding hydrogens is 292 g/mol. The van der Waals surface area contributed by atoms with Crippen LogP contribution in [0.4, 0.5) is 10.5 Å². The van der Waals surface area contributed by atoms with E-state index in [4.69, 9.17) is 0 Å². The molecule has 5 nitrogen and oxygen atoms in total. The van der Waals surface area contributed by atoms with Gasteiger partial charge in [0.1, 0.15) is 0 Å². The molecule has 0 heterocycles. The van der Waals surface area contributed by atoms with E-state index in [0.717, 1.165) is 24.1 Å². The maximum Gasteiger partial charge on any atom is 0.319 e. The molecule has 0 aliphatic heterocycles. The Morgan fingerprint density at radius 2 is 1.83 bits per heavy atom. The third-order valence-corrected chi connectivity index (χ3v) is 4.10. The van der Waals surface area contributed by atoms with E-state index in [0.29, 0.717) is 13.0 Å². The van der Waals surface area contributed by atoms with Gasteiger partial charge in [0.25, 0.3) is 0 Å². The molecule has 0 fully saturated rings. The molecule has 2 aromatic carbocycles. The topological polar surface area (TPSA) is 81.6 Å². The lowest BCUT2D eigenvalue weighted by atomic mass is 10.1. The SMILES string of the molecule is O=C(NCCc1ccc(O)c(O)c1)Nc1ccc2c(c1)CCC2. The summed E-state index contributed by atoms with van der Waals surface area (Å²) in [4.78, 5) is 11.9. The van der Waals surface area contributed by atoms with Crippen molar-refractivity contribution in [1.29, 1.82) is 0 Å². The normalized spacial score (nSPS) is 12.7. The van der Waals surface area contributed by atoms with Gasteiger partial charge in [-0.25, -0.2) is 4.79 Å². The number of rotatable bonds is 4. The van der Waals surface area contributed by atoms with Gasteiger partial charge in [0.2, 0.25) is 0 Å². The predicted molar refractivity (Wildman–Crippen MR) is 89.0 cm³/mol. The smallest absolute Gasteiger partial charge is 0.319 e. The summed E-state index contributed by atoms with van der Waals surface area (Å²) in [5, 5.41) is 24.3. The van der Waals surface area contributed by atoms with Crippen LogP contribution in [0.1, 0.15) is 23.1 Å². The first-order chi connectivity index (χ1) is 11.1. The summed E-state index contributed by atoms with van der Waals surface area (Å²) in [6, 6.07) is 10.5. The summed E-state index contributed by atoms with van der Waals surface area (Å²) in [6.45, 7) is 0.445. The number of hydrogen-bond donors (Lipinski definition) is 4. The Labute approximate surface area is 135 Å². The number of carbonyl (C=O) groups is 1. The zero-order valence-electron chi connectivity index (χ0n) is 12.8. The number of hydrogen-bond acceptors (Lipinski definition) is 3. The van der Waals surface area contributed by atoms with Crippen LogP contribution in [0.5, 0.6) is 11.5 Å². The molecule has 5 heteroatoms. The number of fused-ring (bicyclic) bond motifs is 1. The highest BCUT2D eigenvalue weighted by Crippen LogP contribution is 2.25. The van der Waals surface area contributed by atoms with Crippen molar-refractivity contribution >= 4 is 11.7 Å². The molecule has 0 bridgehead atoms. The van der Waals surface area contributed by atoms with Crippen molar-refractivity contribution in [1.82, 2.24) is 5.32 Å². The van der Waals surface area contributed by atoms with E-state index < -0.39 is 0 Å². The largest absolute Gasteiger partial charge is 0.504 e. The van der Waals surface area contributed by atoms with Crippen molar-refractivity contribution < 1.29 is 15.0 Å². The van der Waals surface area contributed by atoms with Crippen LogP contribution in [0.15, 0.2) is 36.4 Å². The molecule has 2 amide bonds. The maximum absolute atomic E-state index is 11.9. The van der Waals surface area contributed by atoms with Crippen molar-refractivity contribution in [2.75, 3.05) is 11.9 Å². The highest BCUT2D eigenvalue weighted by atomic mass is 16.3. The van der Waals surface area contributed by atoms with Crippen molar-refractivity contribution in [3.05, 3.63) is 53.1 Å². The van der Waals surface area contributed by atoms with Crippen molar-refractivity contribution in [2.45, 2.75) is 25.7 Å². The molecule has 0 atom stereocenters. The van der Waals surface area contributed by atoms with Crippen LogP contribution in [-0.4, -0.2) is 22.8 Å². The zero-order chi connectivity index (χ0) is 16.2. The first kappa shape index (κ1) is 15.2. The molecule has 3 rings (SSSR count). The molecule has 1 aliphatic carbocycles. The second kappa shape index (κ2) is 6.60. The Bertz CT molecular complexity index is 728. The van der Waals surface area contributed by atoms with E-state index in [1.807, 2.05) is 12.1 Å². The first-order valence-corrected chi connectivity index (χ1v) is 7.79. The van der Waals surface area contributed by atoms with Crippen molar-refractivity contribution in [3.8, 4) is 11.5 Å². The summed E-state index contributed by atoms with van der Waals surface area (Å²) < 4.78 is 0. The number of nitrogens with one attached hydrogen (secondary N) is 2. The molecule has 4 N–H and O–H groups in total. The number of amides is 2. The van der Waals surface area contributed by atoms with Crippen LogP contribution in [0, 0.1) is 0 Å². The van der Waals surface area contributed by atoms with Crippen LogP contribution in [-0.2, 0) is 19.3 Å². The minimum atomic E-state index is -0.244. The molecule has 1 aliphatic rings. The van der Waals surface area contributed by atoms with Gasteiger partial charge in [0.15, 0.2) is 11.5 Å². The number of phenolic OH excluding ortho intramolecular Hbond substituents is 2. The van der Waals surface area contributed by atoms with Crippen LogP contribution >= 0.6 is 0 Å². The standard InChI is InChI=1S/C18H20N2O3/c21-16-7-4-12(10-17(16)22)8-9-19-18(23)20-15-6-5-13-2-1-3-14(13)11-15/h4-7,10-11,21-22H,1-3,8-9H2,(H2,19,20,23). The fourth-order valence-corrected chi connectivity index (χ4v) is 2.87. The Morgan fingerprint density at radius 3 is 2.65 bits per heavy atom. The number of carbonyl (C=O) groups excluding carboxylic acids is 1. The van der Waals surface area contributed by atoms with Crippen LogP contribution in [0.2, 0.25) is 0 Å². The zero-order valence-corrected chi connectivity index (χ0v) is 12.8. The van der Waals surface area contributed by atoms with Crippen LogP contribution in [0.25, 0.3) is 0 Å². The molecule has 0 spiro atoms. The Kier molecular flexibility index (Phi) is 4.37. The molecule has 0 aromatic heterocycles. The van der Waals surface area contributed by atoms with E-state index in [-0.39, 0.29) is 17.5 Å². The molecule has 0 saturated heterocycles. The molecule has 2 aromatic rings. The second-order valence-electron chi connectivity index (χ2n) is 5.79. The Balaban J connectivity index is 1.49. The summed E-state index contributed by atoms with van der Waals surface area (Å²) in [7, 11) is 0. The van der Waals surface area contributed by atoms with Gasteiger partial charge in [-0.1, -0.05) is 12.1 Å². The molecular formula is C18H20N2O3. The van der Waals surface area contributed by atoms with Crippen molar-refractivity contribution in [2.24, 2.45) is 0 Å². The Hall–Kier alpha value is -2.69. The van der Waals surface area contributed by atoms with E-state index in [2.05, 4.69) is 16.7 Å².